The molecule has 3 saturated carbocycles. The molecule has 3 aliphatic carbocycles. The number of rotatable bonds is 7. The molecular formula is C17H32N2. The summed E-state index contributed by atoms with van der Waals surface area (Å²) < 4.78 is 0. The summed E-state index contributed by atoms with van der Waals surface area (Å²) in [5, 5.41) is 3.83. The van der Waals surface area contributed by atoms with Crippen LogP contribution in [0.4, 0.5) is 0 Å². The summed E-state index contributed by atoms with van der Waals surface area (Å²) in [5.74, 6) is 1.02. The first-order valence-corrected chi connectivity index (χ1v) is 8.68. The first-order chi connectivity index (χ1) is 9.26. The Morgan fingerprint density at radius 2 is 1.74 bits per heavy atom. The van der Waals surface area contributed by atoms with Gasteiger partial charge in [-0.1, -0.05) is 25.7 Å². The van der Waals surface area contributed by atoms with Crippen LogP contribution in [0.3, 0.4) is 0 Å². The monoisotopic (exact) mass is 264 g/mol. The van der Waals surface area contributed by atoms with E-state index < -0.39 is 0 Å². The third-order valence-electron chi connectivity index (χ3n) is 5.66. The molecule has 0 aromatic carbocycles. The molecule has 3 fully saturated rings. The van der Waals surface area contributed by atoms with E-state index in [1.165, 1.54) is 83.8 Å². The van der Waals surface area contributed by atoms with Gasteiger partial charge in [-0.15, -0.1) is 0 Å². The smallest absolute Gasteiger partial charge is 0.00684 e. The Hall–Kier alpha value is -0.0800. The van der Waals surface area contributed by atoms with Crippen molar-refractivity contribution in [2.45, 2.75) is 70.3 Å². The van der Waals surface area contributed by atoms with Gasteiger partial charge in [0.2, 0.25) is 0 Å². The minimum Gasteiger partial charge on any atom is -0.313 e. The van der Waals surface area contributed by atoms with Crippen LogP contribution in [-0.2, 0) is 0 Å². The molecule has 0 aromatic heterocycles. The van der Waals surface area contributed by atoms with Crippen LogP contribution >= 0.6 is 0 Å². The Morgan fingerprint density at radius 1 is 1.00 bits per heavy atom. The average Bonchev–Trinajstić information content (AvgIpc) is 3.17. The van der Waals surface area contributed by atoms with Crippen molar-refractivity contribution in [1.29, 1.82) is 0 Å². The zero-order valence-electron chi connectivity index (χ0n) is 12.8. The fourth-order valence-corrected chi connectivity index (χ4v) is 4.09. The van der Waals surface area contributed by atoms with Crippen LogP contribution in [0.25, 0.3) is 0 Å². The second-order valence-corrected chi connectivity index (χ2v) is 7.71. The lowest BCUT2D eigenvalue weighted by Gasteiger charge is -2.42. The second-order valence-electron chi connectivity index (χ2n) is 7.71. The third-order valence-corrected chi connectivity index (χ3v) is 5.66. The van der Waals surface area contributed by atoms with E-state index in [-0.39, 0.29) is 0 Å². The summed E-state index contributed by atoms with van der Waals surface area (Å²) in [6.45, 7) is 3.97. The minimum absolute atomic E-state index is 0.597. The Labute approximate surface area is 119 Å². The molecule has 2 heteroatoms. The van der Waals surface area contributed by atoms with Crippen molar-refractivity contribution in [3.8, 4) is 0 Å². The summed E-state index contributed by atoms with van der Waals surface area (Å²) in [4.78, 5) is 2.66. The lowest BCUT2D eigenvalue weighted by molar-refractivity contribution is 0.0958. The Balaban J connectivity index is 1.50. The highest BCUT2D eigenvalue weighted by Gasteiger charge is 2.35. The Kier molecular flexibility index (Phi) is 4.48. The van der Waals surface area contributed by atoms with Crippen LogP contribution in [0.2, 0.25) is 0 Å². The van der Waals surface area contributed by atoms with Gasteiger partial charge in [-0.05, 0) is 56.9 Å². The third kappa shape index (κ3) is 3.95. The van der Waals surface area contributed by atoms with E-state index in [4.69, 9.17) is 0 Å². The van der Waals surface area contributed by atoms with E-state index >= 15 is 0 Å². The number of hydrogen-bond acceptors (Lipinski definition) is 2. The van der Waals surface area contributed by atoms with Crippen molar-refractivity contribution < 1.29 is 0 Å². The maximum atomic E-state index is 3.83. The lowest BCUT2D eigenvalue weighted by atomic mass is 9.73. The fraction of sp³-hybridized carbons (Fsp3) is 1.00. The number of hydrogen-bond donors (Lipinski definition) is 1. The molecule has 110 valence electrons. The molecule has 0 spiro atoms. The fourth-order valence-electron chi connectivity index (χ4n) is 4.09. The van der Waals surface area contributed by atoms with Crippen molar-refractivity contribution in [3.63, 3.8) is 0 Å². The predicted octanol–water partition coefficient (Wildman–Crippen LogP) is 3.42. The Bertz CT molecular complexity index is 275. The maximum Gasteiger partial charge on any atom is 0.00684 e. The van der Waals surface area contributed by atoms with E-state index in [0.717, 1.165) is 12.0 Å². The van der Waals surface area contributed by atoms with Crippen LogP contribution in [0.1, 0.15) is 64.2 Å². The maximum absolute atomic E-state index is 3.83. The molecule has 3 rings (SSSR count). The van der Waals surface area contributed by atoms with Crippen molar-refractivity contribution in [2.24, 2.45) is 11.3 Å². The van der Waals surface area contributed by atoms with Gasteiger partial charge in [-0.25, -0.2) is 0 Å². The summed E-state index contributed by atoms with van der Waals surface area (Å²) >= 11 is 0. The molecule has 0 aliphatic heterocycles. The lowest BCUT2D eigenvalue weighted by Crippen LogP contribution is -2.46. The van der Waals surface area contributed by atoms with Gasteiger partial charge in [0.15, 0.2) is 0 Å². The van der Waals surface area contributed by atoms with Crippen molar-refractivity contribution >= 4 is 0 Å². The molecule has 0 bridgehead atoms. The van der Waals surface area contributed by atoms with Gasteiger partial charge < -0.3 is 10.2 Å². The molecule has 0 radical (unpaired) electrons. The van der Waals surface area contributed by atoms with Crippen LogP contribution < -0.4 is 5.32 Å². The summed E-state index contributed by atoms with van der Waals surface area (Å²) in [5.41, 5.74) is 0.597. The molecule has 0 atom stereocenters. The van der Waals surface area contributed by atoms with Crippen LogP contribution in [-0.4, -0.2) is 37.6 Å². The van der Waals surface area contributed by atoms with Gasteiger partial charge in [0.1, 0.15) is 0 Å². The summed E-state index contributed by atoms with van der Waals surface area (Å²) in [6, 6.07) is 0.871. The minimum atomic E-state index is 0.597. The zero-order valence-corrected chi connectivity index (χ0v) is 12.8. The highest BCUT2D eigenvalue weighted by atomic mass is 15.1. The van der Waals surface area contributed by atoms with Crippen molar-refractivity contribution in [3.05, 3.63) is 0 Å². The van der Waals surface area contributed by atoms with E-state index in [1.807, 2.05) is 0 Å². The van der Waals surface area contributed by atoms with Crippen LogP contribution in [0, 0.1) is 11.3 Å². The normalized spacial score (nSPS) is 27.5. The zero-order chi connectivity index (χ0) is 13.1. The molecule has 0 heterocycles. The van der Waals surface area contributed by atoms with Gasteiger partial charge in [-0.3, -0.25) is 0 Å². The van der Waals surface area contributed by atoms with Crippen LogP contribution in [0.15, 0.2) is 0 Å². The topological polar surface area (TPSA) is 15.3 Å². The number of nitrogens with zero attached hydrogens (tertiary/aromatic N) is 1. The standard InChI is InChI=1S/C17H32N2/c1-19(12-15-6-5-7-15)14-17(10-3-2-4-11-17)13-18-16-8-9-16/h15-16,18H,2-14H2,1H3. The van der Waals surface area contributed by atoms with Gasteiger partial charge in [0, 0.05) is 25.7 Å². The molecule has 2 nitrogen and oxygen atoms in total. The largest absolute Gasteiger partial charge is 0.313 e. The van der Waals surface area contributed by atoms with E-state index in [0.29, 0.717) is 5.41 Å². The molecule has 1 N–H and O–H groups in total. The molecule has 0 aromatic rings. The van der Waals surface area contributed by atoms with Gasteiger partial charge in [-0.2, -0.15) is 0 Å². The van der Waals surface area contributed by atoms with Crippen LogP contribution in [0.5, 0.6) is 0 Å². The second kappa shape index (κ2) is 6.13. The highest BCUT2D eigenvalue weighted by molar-refractivity contribution is 4.91. The molecule has 0 amide bonds. The van der Waals surface area contributed by atoms with Crippen molar-refractivity contribution in [1.82, 2.24) is 10.2 Å². The Morgan fingerprint density at radius 3 is 2.32 bits per heavy atom. The molecule has 0 unspecified atom stereocenters. The van der Waals surface area contributed by atoms with E-state index in [2.05, 4.69) is 17.3 Å². The molecule has 3 aliphatic rings. The molecular weight excluding hydrogens is 232 g/mol. The highest BCUT2D eigenvalue weighted by Crippen LogP contribution is 2.38. The summed E-state index contributed by atoms with van der Waals surface area (Å²) in [7, 11) is 2.37. The molecule has 19 heavy (non-hydrogen) atoms. The van der Waals surface area contributed by atoms with E-state index in [9.17, 15) is 0 Å². The van der Waals surface area contributed by atoms with Gasteiger partial charge in [0.25, 0.3) is 0 Å². The summed E-state index contributed by atoms with van der Waals surface area (Å²) in [6.07, 6.45) is 14.6. The first-order valence-electron chi connectivity index (χ1n) is 8.68. The van der Waals surface area contributed by atoms with E-state index in [1.54, 1.807) is 0 Å². The predicted molar refractivity (Wildman–Crippen MR) is 81.4 cm³/mol. The number of nitrogens with one attached hydrogen (secondary N) is 1. The first kappa shape index (κ1) is 13.9. The molecule has 0 saturated heterocycles. The van der Waals surface area contributed by atoms with Crippen molar-refractivity contribution in [2.75, 3.05) is 26.7 Å². The SMILES string of the molecule is CN(CC1CCC1)CC1(CNC2CC2)CCCCC1. The van der Waals surface area contributed by atoms with Gasteiger partial charge >= 0.3 is 0 Å². The van der Waals surface area contributed by atoms with Gasteiger partial charge in [0.05, 0.1) is 0 Å². The quantitative estimate of drug-likeness (QED) is 0.758. The average molecular weight is 264 g/mol.